The van der Waals surface area contributed by atoms with Crippen molar-refractivity contribution >= 4 is 23.1 Å². The number of anilines is 2. The van der Waals surface area contributed by atoms with Crippen LogP contribution in [0.1, 0.15) is 6.92 Å². The predicted molar refractivity (Wildman–Crippen MR) is 103 cm³/mol. The zero-order valence-electron chi connectivity index (χ0n) is 14.3. The van der Waals surface area contributed by atoms with Crippen LogP contribution in [0.15, 0.2) is 76.7 Å². The van der Waals surface area contributed by atoms with E-state index < -0.39 is 0 Å². The van der Waals surface area contributed by atoms with E-state index in [0.717, 1.165) is 12.3 Å². The zero-order valence-corrected chi connectivity index (χ0v) is 17.2. The van der Waals surface area contributed by atoms with Crippen LogP contribution >= 0.6 is 11.8 Å². The van der Waals surface area contributed by atoms with Gasteiger partial charge in [0.25, 0.3) is 12.0 Å². The number of ether oxygens (including phenoxy) is 1. The molecule has 1 N–H and O–H groups in total. The third-order valence-corrected chi connectivity index (χ3v) is 5.54. The van der Waals surface area contributed by atoms with E-state index in [1.807, 2.05) is 17.8 Å². The maximum atomic E-state index is 4.76. The number of para-hydroxylation sites is 3. The van der Waals surface area contributed by atoms with Crippen LogP contribution in [0.2, 0.25) is 0 Å². The van der Waals surface area contributed by atoms with Crippen LogP contribution in [0.4, 0.5) is 11.4 Å². The standard InChI is InChI=1S/C20H20N2OS.HI/c1-3-22-16-10-5-7-12-18(16)24-20(22)14-8-13-19-21(2)15-9-4-6-11-17(15)23-19;/h4-14,19H,3H2,1-2H3;1H/b13-8+,20-14-;. The number of aromatic hydroxyl groups is 1. The molecule has 1 atom stereocenters. The molecule has 0 aromatic heterocycles. The van der Waals surface area contributed by atoms with Gasteiger partial charge in [0.15, 0.2) is 0 Å². The van der Waals surface area contributed by atoms with Crippen molar-refractivity contribution in [3.63, 3.8) is 0 Å². The van der Waals surface area contributed by atoms with Crippen molar-refractivity contribution in [2.75, 3.05) is 23.4 Å². The normalized spacial score (nSPS) is 19.8. The van der Waals surface area contributed by atoms with Crippen LogP contribution < -0.4 is 33.8 Å². The first kappa shape index (κ1) is 18.2. The lowest BCUT2D eigenvalue weighted by atomic mass is 10.3. The minimum atomic E-state index is 0. The number of rotatable bonds is 3. The molecule has 0 saturated carbocycles. The van der Waals surface area contributed by atoms with Gasteiger partial charge in [-0.2, -0.15) is 0 Å². The first-order valence-corrected chi connectivity index (χ1v) is 9.05. The van der Waals surface area contributed by atoms with Gasteiger partial charge in [0.05, 0.1) is 10.7 Å². The van der Waals surface area contributed by atoms with Crippen LogP contribution in [0.3, 0.4) is 0 Å². The lowest BCUT2D eigenvalue weighted by Gasteiger charge is -2.17. The van der Waals surface area contributed by atoms with Crippen molar-refractivity contribution in [3.05, 3.63) is 71.8 Å². The molecule has 2 heterocycles. The quantitative estimate of drug-likeness (QED) is 0.510. The van der Waals surface area contributed by atoms with E-state index in [4.69, 9.17) is 4.74 Å². The van der Waals surface area contributed by atoms with Crippen molar-refractivity contribution in [2.24, 2.45) is 0 Å². The molecule has 0 aliphatic carbocycles. The van der Waals surface area contributed by atoms with E-state index in [1.165, 1.54) is 21.3 Å². The van der Waals surface area contributed by atoms with E-state index >= 15 is 0 Å². The summed E-state index contributed by atoms with van der Waals surface area (Å²) in [5, 5.41) is 1.27. The Bertz CT molecular complexity index is 821. The van der Waals surface area contributed by atoms with Gasteiger partial charge in [-0.25, -0.2) is 0 Å². The summed E-state index contributed by atoms with van der Waals surface area (Å²) in [5.41, 5.74) is 2.50. The monoisotopic (exact) mass is 464 g/mol. The molecule has 5 heteroatoms. The highest BCUT2D eigenvalue weighted by Gasteiger charge is 2.30. The summed E-state index contributed by atoms with van der Waals surface area (Å²) in [6.45, 7) is 3.17. The molecule has 3 nitrogen and oxygen atoms in total. The summed E-state index contributed by atoms with van der Waals surface area (Å²) in [7, 11) is 2.09. The smallest absolute Gasteiger partial charge is 0.285 e. The fraction of sp³-hybridized carbons (Fsp3) is 0.200. The molecule has 0 bridgehead atoms. The average molecular weight is 464 g/mol. The zero-order chi connectivity index (χ0) is 16.5. The number of fused-ring (bicyclic) bond motifs is 2. The van der Waals surface area contributed by atoms with Crippen LogP contribution in [0.5, 0.6) is 5.75 Å². The lowest BCUT2D eigenvalue weighted by molar-refractivity contribution is -0.00000969. The van der Waals surface area contributed by atoms with Crippen LogP contribution in [0, 0.1) is 0 Å². The maximum absolute atomic E-state index is 4.76. The molecule has 2 aliphatic heterocycles. The molecular formula is C20H21IN2OS. The van der Waals surface area contributed by atoms with Gasteiger partial charge in [0.1, 0.15) is 5.69 Å². The molecule has 0 spiro atoms. The molecule has 0 fully saturated rings. The highest BCUT2D eigenvalue weighted by atomic mass is 127. The van der Waals surface area contributed by atoms with E-state index in [9.17, 15) is 0 Å². The number of thioether (sulfide) groups is 1. The molecule has 2 aromatic rings. The number of halogens is 1. The summed E-state index contributed by atoms with van der Waals surface area (Å²) < 4.78 is 4.76. The van der Waals surface area contributed by atoms with Crippen molar-refractivity contribution < 1.29 is 28.7 Å². The number of likely N-dealkylation sites (N-methyl/N-ethyl adjacent to an activating group) is 1. The third kappa shape index (κ3) is 3.40. The Hall–Kier alpha value is -1.60. The highest BCUT2D eigenvalue weighted by molar-refractivity contribution is 8.03. The Labute approximate surface area is 170 Å². The summed E-state index contributed by atoms with van der Waals surface area (Å²) in [5.74, 6) is 1.07. The van der Waals surface area contributed by atoms with Gasteiger partial charge in [-0.3, -0.25) is 4.90 Å². The first-order valence-electron chi connectivity index (χ1n) is 8.23. The summed E-state index contributed by atoms with van der Waals surface area (Å²) >= 11 is 1.83. The van der Waals surface area contributed by atoms with E-state index in [1.54, 1.807) is 0 Å². The fourth-order valence-corrected chi connectivity index (χ4v) is 4.29. The second-order valence-corrected chi connectivity index (χ2v) is 6.91. The van der Waals surface area contributed by atoms with Crippen LogP contribution in [-0.2, 0) is 0 Å². The van der Waals surface area contributed by atoms with Crippen molar-refractivity contribution in [1.82, 2.24) is 0 Å². The Balaban J connectivity index is 0.00000182. The van der Waals surface area contributed by atoms with Gasteiger partial charge in [-0.05, 0) is 31.2 Å². The number of hydrogen-bond acceptors (Lipinski definition) is 3. The van der Waals surface area contributed by atoms with Gasteiger partial charge in [-0.1, -0.05) is 42.1 Å². The Morgan fingerprint density at radius 2 is 1.80 bits per heavy atom. The van der Waals surface area contributed by atoms with Crippen LogP contribution in [-0.4, -0.2) is 24.6 Å². The number of nitrogens with zero attached hydrogens (tertiary/aromatic N) is 2. The summed E-state index contributed by atoms with van der Waals surface area (Å²) in [6, 6.07) is 16.9. The second-order valence-electron chi connectivity index (χ2n) is 5.85. The molecule has 2 aliphatic rings. The van der Waals surface area contributed by atoms with E-state index in [0.29, 0.717) is 0 Å². The molecule has 2 aromatic carbocycles. The SMILES string of the molecule is CCN1/C(=C/C=C/C2[OH+]c3ccccc3N2C)Sc2ccccc21.[I-]. The molecule has 0 radical (unpaired) electrons. The minimum absolute atomic E-state index is 0. The van der Waals surface area contributed by atoms with E-state index in [2.05, 4.69) is 84.5 Å². The Kier molecular flexibility index (Phi) is 5.64. The second kappa shape index (κ2) is 7.74. The molecule has 1 unspecified atom stereocenters. The molecule has 25 heavy (non-hydrogen) atoms. The van der Waals surface area contributed by atoms with Crippen LogP contribution in [0.25, 0.3) is 0 Å². The van der Waals surface area contributed by atoms with E-state index in [-0.39, 0.29) is 30.2 Å². The number of benzene rings is 2. The summed E-state index contributed by atoms with van der Waals surface area (Å²) in [6.07, 6.45) is 6.56. The third-order valence-electron chi connectivity index (χ3n) is 4.40. The van der Waals surface area contributed by atoms with Gasteiger partial charge < -0.3 is 33.6 Å². The maximum Gasteiger partial charge on any atom is 0.285 e. The van der Waals surface area contributed by atoms with Crippen molar-refractivity contribution in [3.8, 4) is 5.75 Å². The average Bonchev–Trinajstić information content (AvgIpc) is 3.13. The minimum Gasteiger partial charge on any atom is -1.00 e. The van der Waals surface area contributed by atoms with Gasteiger partial charge in [0.2, 0.25) is 0 Å². The first-order chi connectivity index (χ1) is 11.8. The van der Waals surface area contributed by atoms with Gasteiger partial charge in [-0.15, -0.1) is 0 Å². The Morgan fingerprint density at radius 3 is 2.56 bits per heavy atom. The molecule has 0 amide bonds. The number of hydrogen-bond donors (Lipinski definition) is 0. The topological polar surface area (TPSA) is 19.3 Å². The molecule has 0 saturated heterocycles. The number of allylic oxidation sites excluding steroid dienone is 2. The Morgan fingerprint density at radius 1 is 1.08 bits per heavy atom. The molecular weight excluding hydrogens is 443 g/mol. The van der Waals surface area contributed by atoms with Crippen molar-refractivity contribution in [2.45, 2.75) is 18.0 Å². The van der Waals surface area contributed by atoms with Gasteiger partial charge >= 0.3 is 0 Å². The number of aliphatic hydroxyl groups is 1. The summed E-state index contributed by atoms with van der Waals surface area (Å²) in [4.78, 5) is 5.89. The highest BCUT2D eigenvalue weighted by Crippen LogP contribution is 2.45. The van der Waals surface area contributed by atoms with Gasteiger partial charge in [0, 0.05) is 30.6 Å². The largest absolute Gasteiger partial charge is 1.00 e. The van der Waals surface area contributed by atoms with Crippen molar-refractivity contribution in [1.29, 1.82) is 0 Å². The predicted octanol–water partition coefficient (Wildman–Crippen LogP) is 1.74. The fourth-order valence-electron chi connectivity index (χ4n) is 3.16. The molecule has 130 valence electrons. The molecule has 4 rings (SSSR count). The lowest BCUT2D eigenvalue weighted by Crippen LogP contribution is -3.00.